The van der Waals surface area contributed by atoms with Crippen molar-refractivity contribution >= 4 is 5.91 Å². The molecule has 1 aromatic heterocycles. The van der Waals surface area contributed by atoms with Gasteiger partial charge >= 0.3 is 0 Å². The monoisotopic (exact) mass is 367 g/mol. The van der Waals surface area contributed by atoms with Gasteiger partial charge in [-0.1, -0.05) is 61.0 Å². The van der Waals surface area contributed by atoms with Crippen LogP contribution < -0.4 is 5.32 Å². The van der Waals surface area contributed by atoms with E-state index in [2.05, 4.69) is 15.5 Å². The van der Waals surface area contributed by atoms with Crippen molar-refractivity contribution in [2.24, 2.45) is 5.92 Å². The Labute approximate surface area is 157 Å². The van der Waals surface area contributed by atoms with E-state index < -0.39 is 6.04 Å². The molecule has 6 heteroatoms. The normalized spacial score (nSPS) is 12.2. The van der Waals surface area contributed by atoms with Crippen LogP contribution in [0.25, 0.3) is 11.4 Å². The molecule has 0 unspecified atom stereocenters. The molecule has 27 heavy (non-hydrogen) atoms. The zero-order valence-corrected chi connectivity index (χ0v) is 15.6. The number of hydrogen-bond donors (Lipinski definition) is 1. The summed E-state index contributed by atoms with van der Waals surface area (Å²) in [5.74, 6) is 0.411. The second kappa shape index (κ2) is 8.12. The number of hydrogen-bond acceptors (Lipinski definition) is 4. The van der Waals surface area contributed by atoms with Gasteiger partial charge in [-0.25, -0.2) is 4.39 Å². The van der Waals surface area contributed by atoms with Crippen LogP contribution in [0.4, 0.5) is 4.39 Å². The first-order valence-corrected chi connectivity index (χ1v) is 8.87. The topological polar surface area (TPSA) is 68.0 Å². The molecule has 0 aliphatic carbocycles. The summed E-state index contributed by atoms with van der Waals surface area (Å²) in [6, 6.07) is 13.3. The van der Waals surface area contributed by atoms with Crippen molar-refractivity contribution in [3.05, 3.63) is 71.4 Å². The minimum Gasteiger partial charge on any atom is -0.344 e. The average molecular weight is 367 g/mol. The van der Waals surface area contributed by atoms with Gasteiger partial charge in [0.15, 0.2) is 0 Å². The van der Waals surface area contributed by atoms with Gasteiger partial charge in [-0.05, 0) is 30.5 Å². The fourth-order valence-electron chi connectivity index (χ4n) is 2.71. The molecular weight excluding hydrogens is 345 g/mol. The largest absolute Gasteiger partial charge is 0.344 e. The van der Waals surface area contributed by atoms with Crippen molar-refractivity contribution in [2.75, 3.05) is 0 Å². The number of amides is 1. The molecule has 1 N–H and O–H groups in total. The van der Waals surface area contributed by atoms with Crippen LogP contribution in [0.1, 0.15) is 36.9 Å². The van der Waals surface area contributed by atoms with Gasteiger partial charge in [0.1, 0.15) is 11.9 Å². The molecule has 0 aliphatic rings. The third-order valence-corrected chi connectivity index (χ3v) is 4.28. The Morgan fingerprint density at radius 1 is 1.11 bits per heavy atom. The Morgan fingerprint density at radius 2 is 1.78 bits per heavy atom. The van der Waals surface area contributed by atoms with Gasteiger partial charge in [0.2, 0.25) is 17.6 Å². The highest BCUT2D eigenvalue weighted by molar-refractivity contribution is 5.78. The Morgan fingerprint density at radius 3 is 2.41 bits per heavy atom. The number of nitrogens with one attached hydrogen (secondary N) is 1. The summed E-state index contributed by atoms with van der Waals surface area (Å²) in [6.45, 7) is 5.95. The predicted molar refractivity (Wildman–Crippen MR) is 100 cm³/mol. The van der Waals surface area contributed by atoms with Crippen LogP contribution in [0.2, 0.25) is 0 Å². The van der Waals surface area contributed by atoms with Gasteiger partial charge in [0, 0.05) is 5.56 Å². The zero-order chi connectivity index (χ0) is 19.4. The van der Waals surface area contributed by atoms with Gasteiger partial charge in [0.05, 0.1) is 6.42 Å². The number of rotatable bonds is 6. The zero-order valence-electron chi connectivity index (χ0n) is 15.6. The maximum atomic E-state index is 13.0. The number of aromatic nitrogens is 2. The number of aryl methyl sites for hydroxylation is 1. The van der Waals surface area contributed by atoms with E-state index in [-0.39, 0.29) is 24.1 Å². The summed E-state index contributed by atoms with van der Waals surface area (Å²) in [7, 11) is 0. The van der Waals surface area contributed by atoms with Crippen molar-refractivity contribution in [1.29, 1.82) is 0 Å². The molecule has 5 nitrogen and oxygen atoms in total. The van der Waals surface area contributed by atoms with Crippen LogP contribution in [0.3, 0.4) is 0 Å². The molecule has 0 radical (unpaired) electrons. The van der Waals surface area contributed by atoms with Crippen molar-refractivity contribution < 1.29 is 13.7 Å². The van der Waals surface area contributed by atoms with Crippen LogP contribution >= 0.6 is 0 Å². The Balaban J connectivity index is 1.72. The molecular formula is C21H22FN3O2. The van der Waals surface area contributed by atoms with E-state index in [9.17, 15) is 9.18 Å². The Hall–Kier alpha value is -3.02. The quantitative estimate of drug-likeness (QED) is 0.708. The third-order valence-electron chi connectivity index (χ3n) is 4.28. The van der Waals surface area contributed by atoms with Crippen molar-refractivity contribution in [1.82, 2.24) is 15.5 Å². The highest BCUT2D eigenvalue weighted by atomic mass is 19.1. The number of carbonyl (C=O) groups is 1. The van der Waals surface area contributed by atoms with Crippen LogP contribution in [-0.4, -0.2) is 16.0 Å². The lowest BCUT2D eigenvalue weighted by atomic mass is 10.0. The van der Waals surface area contributed by atoms with Crippen molar-refractivity contribution in [3.63, 3.8) is 0 Å². The number of benzene rings is 2. The van der Waals surface area contributed by atoms with Crippen molar-refractivity contribution in [2.45, 2.75) is 33.2 Å². The van der Waals surface area contributed by atoms with Gasteiger partial charge in [0.25, 0.3) is 0 Å². The lowest BCUT2D eigenvalue weighted by molar-refractivity contribution is -0.121. The first-order valence-electron chi connectivity index (χ1n) is 8.87. The Bertz CT molecular complexity index is 902. The molecule has 2 aromatic carbocycles. The molecule has 0 spiro atoms. The minimum atomic E-state index is -0.398. The average Bonchev–Trinajstić information content (AvgIpc) is 3.12. The molecule has 3 rings (SSSR count). The molecule has 0 saturated heterocycles. The SMILES string of the molecule is Cc1ccc(-c2noc([C@@H](NC(=O)Cc3ccc(F)cc3)C(C)C)n2)cc1. The van der Waals surface area contributed by atoms with Crippen LogP contribution in [0.5, 0.6) is 0 Å². The fourth-order valence-corrected chi connectivity index (χ4v) is 2.71. The van der Waals surface area contributed by atoms with E-state index in [0.717, 1.165) is 16.7 Å². The first-order chi connectivity index (χ1) is 12.9. The fraction of sp³-hybridized carbons (Fsp3) is 0.286. The number of nitrogens with zero attached hydrogens (tertiary/aromatic N) is 2. The van der Waals surface area contributed by atoms with Gasteiger partial charge < -0.3 is 9.84 Å². The van der Waals surface area contributed by atoms with Gasteiger partial charge in [-0.15, -0.1) is 0 Å². The first kappa shape index (κ1) is 18.8. The van der Waals surface area contributed by atoms with E-state index in [1.807, 2.05) is 45.0 Å². The molecule has 1 amide bonds. The maximum Gasteiger partial charge on any atom is 0.249 e. The second-order valence-electron chi connectivity index (χ2n) is 6.91. The summed E-state index contributed by atoms with van der Waals surface area (Å²) < 4.78 is 18.4. The molecule has 3 aromatic rings. The molecule has 0 fully saturated rings. The Kier molecular flexibility index (Phi) is 5.64. The molecule has 1 heterocycles. The van der Waals surface area contributed by atoms with Gasteiger partial charge in [-0.2, -0.15) is 4.98 Å². The van der Waals surface area contributed by atoms with E-state index >= 15 is 0 Å². The third kappa shape index (κ3) is 4.78. The second-order valence-corrected chi connectivity index (χ2v) is 6.91. The van der Waals surface area contributed by atoms with Crippen LogP contribution in [-0.2, 0) is 11.2 Å². The van der Waals surface area contributed by atoms with E-state index in [1.165, 1.54) is 12.1 Å². The molecule has 0 saturated carbocycles. The van der Waals surface area contributed by atoms with Crippen LogP contribution in [0.15, 0.2) is 53.1 Å². The summed E-state index contributed by atoms with van der Waals surface area (Å²) in [5.41, 5.74) is 2.74. The lowest BCUT2D eigenvalue weighted by Crippen LogP contribution is -2.33. The maximum absolute atomic E-state index is 13.0. The molecule has 1 atom stereocenters. The highest BCUT2D eigenvalue weighted by Crippen LogP contribution is 2.24. The minimum absolute atomic E-state index is 0.0634. The standard InChI is InChI=1S/C21H22FN3O2/c1-13(2)19(23-18(26)12-15-6-10-17(22)11-7-15)21-24-20(25-27-21)16-8-4-14(3)5-9-16/h4-11,13,19H,12H2,1-3H3,(H,23,26)/t19-/m0/s1. The van der Waals surface area contributed by atoms with Gasteiger partial charge in [-0.3, -0.25) is 4.79 Å². The van der Waals surface area contributed by atoms with E-state index in [1.54, 1.807) is 12.1 Å². The van der Waals surface area contributed by atoms with E-state index in [0.29, 0.717) is 11.7 Å². The van der Waals surface area contributed by atoms with Crippen molar-refractivity contribution in [3.8, 4) is 11.4 Å². The molecule has 140 valence electrons. The number of halogens is 1. The lowest BCUT2D eigenvalue weighted by Gasteiger charge is -2.18. The molecule has 0 aliphatic heterocycles. The predicted octanol–water partition coefficient (Wildman–Crippen LogP) is 4.24. The highest BCUT2D eigenvalue weighted by Gasteiger charge is 2.25. The smallest absolute Gasteiger partial charge is 0.249 e. The van der Waals surface area contributed by atoms with Crippen LogP contribution in [0, 0.1) is 18.7 Å². The number of carbonyl (C=O) groups excluding carboxylic acids is 1. The molecule has 0 bridgehead atoms. The van der Waals surface area contributed by atoms with E-state index in [4.69, 9.17) is 4.52 Å². The summed E-state index contributed by atoms with van der Waals surface area (Å²) in [6.07, 6.45) is 0.155. The summed E-state index contributed by atoms with van der Waals surface area (Å²) >= 11 is 0. The summed E-state index contributed by atoms with van der Waals surface area (Å²) in [5, 5.41) is 6.98. The summed E-state index contributed by atoms with van der Waals surface area (Å²) in [4.78, 5) is 16.9.